The van der Waals surface area contributed by atoms with Crippen molar-refractivity contribution in [3.63, 3.8) is 0 Å². The van der Waals surface area contributed by atoms with Crippen LogP contribution in [0.15, 0.2) is 41.1 Å². The van der Waals surface area contributed by atoms with E-state index < -0.39 is 5.91 Å². The molecule has 0 atom stereocenters. The third kappa shape index (κ3) is 6.89. The van der Waals surface area contributed by atoms with Crippen molar-refractivity contribution in [1.29, 1.82) is 0 Å². The van der Waals surface area contributed by atoms with Gasteiger partial charge in [-0.1, -0.05) is 6.07 Å². The van der Waals surface area contributed by atoms with Crippen LogP contribution in [0, 0.1) is 0 Å². The summed E-state index contributed by atoms with van der Waals surface area (Å²) >= 11 is 3.46. The molecule has 0 spiro atoms. The molecular formula is C17H21BrClN3O3. The predicted octanol–water partition coefficient (Wildman–Crippen LogP) is 2.82. The van der Waals surface area contributed by atoms with Gasteiger partial charge in [0.15, 0.2) is 18.1 Å². The number of carbonyl (C=O) groups excluding carboxylic acids is 1. The number of carbonyl (C=O) groups is 1. The fraction of sp³-hybridized carbons (Fsp3) is 0.294. The molecule has 25 heavy (non-hydrogen) atoms. The zero-order valence-corrected chi connectivity index (χ0v) is 16.2. The number of nitrogens with zero attached hydrogens (tertiary/aromatic N) is 1. The number of nitrogens with two attached hydrogens (primary N) is 1. The van der Waals surface area contributed by atoms with Gasteiger partial charge >= 0.3 is 0 Å². The first-order valence-corrected chi connectivity index (χ1v) is 8.35. The van der Waals surface area contributed by atoms with E-state index in [0.717, 1.165) is 17.7 Å². The normalized spacial score (nSPS) is 10.0. The Morgan fingerprint density at radius 2 is 2.04 bits per heavy atom. The number of hydrogen-bond acceptors (Lipinski definition) is 5. The number of rotatable bonds is 9. The maximum atomic E-state index is 10.9. The van der Waals surface area contributed by atoms with Crippen LogP contribution in [0.5, 0.6) is 11.5 Å². The number of nitrogens with one attached hydrogen (secondary N) is 1. The number of pyridine rings is 1. The summed E-state index contributed by atoms with van der Waals surface area (Å²) in [5, 5.41) is 3.35. The second kappa shape index (κ2) is 10.9. The fourth-order valence-corrected chi connectivity index (χ4v) is 2.73. The SMILES string of the molecule is CCOc1cc(CNCc2cccnc2)cc(Br)c1OCC(N)=O.Cl. The van der Waals surface area contributed by atoms with Crippen molar-refractivity contribution in [3.05, 3.63) is 52.3 Å². The van der Waals surface area contributed by atoms with E-state index in [-0.39, 0.29) is 19.0 Å². The van der Waals surface area contributed by atoms with Gasteiger partial charge in [0, 0.05) is 25.5 Å². The van der Waals surface area contributed by atoms with Crippen molar-refractivity contribution in [1.82, 2.24) is 10.3 Å². The van der Waals surface area contributed by atoms with Crippen LogP contribution in [0.4, 0.5) is 0 Å². The lowest BCUT2D eigenvalue weighted by atomic mass is 10.2. The Morgan fingerprint density at radius 1 is 1.28 bits per heavy atom. The Morgan fingerprint density at radius 3 is 2.68 bits per heavy atom. The van der Waals surface area contributed by atoms with E-state index in [4.69, 9.17) is 15.2 Å². The largest absolute Gasteiger partial charge is 0.490 e. The van der Waals surface area contributed by atoms with Gasteiger partial charge < -0.3 is 20.5 Å². The summed E-state index contributed by atoms with van der Waals surface area (Å²) in [4.78, 5) is 15.0. The highest BCUT2D eigenvalue weighted by atomic mass is 79.9. The van der Waals surface area contributed by atoms with Crippen molar-refractivity contribution in [3.8, 4) is 11.5 Å². The fourth-order valence-electron chi connectivity index (χ4n) is 2.12. The lowest BCUT2D eigenvalue weighted by Gasteiger charge is -2.15. The van der Waals surface area contributed by atoms with Gasteiger partial charge in [-0.15, -0.1) is 12.4 Å². The van der Waals surface area contributed by atoms with Crippen LogP contribution < -0.4 is 20.5 Å². The summed E-state index contributed by atoms with van der Waals surface area (Å²) in [6, 6.07) is 7.74. The summed E-state index contributed by atoms with van der Waals surface area (Å²) in [5.41, 5.74) is 7.27. The van der Waals surface area contributed by atoms with E-state index in [2.05, 4.69) is 26.2 Å². The van der Waals surface area contributed by atoms with E-state index in [1.807, 2.05) is 37.4 Å². The molecule has 136 valence electrons. The van der Waals surface area contributed by atoms with Gasteiger partial charge in [-0.3, -0.25) is 9.78 Å². The summed E-state index contributed by atoms with van der Waals surface area (Å²) in [7, 11) is 0. The van der Waals surface area contributed by atoms with E-state index in [0.29, 0.717) is 29.1 Å². The van der Waals surface area contributed by atoms with Gasteiger partial charge in [-0.2, -0.15) is 0 Å². The van der Waals surface area contributed by atoms with Gasteiger partial charge in [0.2, 0.25) is 0 Å². The molecule has 0 unspecified atom stereocenters. The molecule has 0 radical (unpaired) electrons. The number of halogens is 2. The van der Waals surface area contributed by atoms with Crippen LogP contribution in [-0.4, -0.2) is 24.1 Å². The number of hydrogen-bond donors (Lipinski definition) is 2. The molecule has 0 aliphatic carbocycles. The highest BCUT2D eigenvalue weighted by molar-refractivity contribution is 9.10. The zero-order valence-electron chi connectivity index (χ0n) is 13.8. The van der Waals surface area contributed by atoms with Crippen molar-refractivity contribution in [2.75, 3.05) is 13.2 Å². The monoisotopic (exact) mass is 429 g/mol. The molecule has 1 amide bonds. The minimum absolute atomic E-state index is 0. The van der Waals surface area contributed by atoms with Crippen molar-refractivity contribution in [2.24, 2.45) is 5.73 Å². The topological polar surface area (TPSA) is 86.5 Å². The summed E-state index contributed by atoms with van der Waals surface area (Å²) in [6.45, 7) is 3.56. The highest BCUT2D eigenvalue weighted by Gasteiger charge is 2.13. The molecule has 2 aromatic rings. The van der Waals surface area contributed by atoms with Crippen molar-refractivity contribution in [2.45, 2.75) is 20.0 Å². The van der Waals surface area contributed by atoms with E-state index >= 15 is 0 Å². The van der Waals surface area contributed by atoms with Gasteiger partial charge in [0.05, 0.1) is 11.1 Å². The Labute approximate surface area is 161 Å². The van der Waals surface area contributed by atoms with E-state index in [1.54, 1.807) is 6.20 Å². The Kier molecular flexibility index (Phi) is 9.26. The summed E-state index contributed by atoms with van der Waals surface area (Å²) in [5.74, 6) is 0.518. The third-order valence-electron chi connectivity index (χ3n) is 3.11. The summed E-state index contributed by atoms with van der Waals surface area (Å²) < 4.78 is 11.8. The molecule has 0 saturated heterocycles. The third-order valence-corrected chi connectivity index (χ3v) is 3.70. The molecule has 0 aliphatic heterocycles. The number of benzene rings is 1. The Balaban J connectivity index is 0.00000312. The average molecular weight is 431 g/mol. The van der Waals surface area contributed by atoms with E-state index in [1.165, 1.54) is 0 Å². The minimum atomic E-state index is -0.536. The maximum Gasteiger partial charge on any atom is 0.255 e. The smallest absolute Gasteiger partial charge is 0.255 e. The van der Waals surface area contributed by atoms with Crippen LogP contribution in [-0.2, 0) is 17.9 Å². The molecule has 0 bridgehead atoms. The maximum absolute atomic E-state index is 10.9. The molecule has 8 heteroatoms. The van der Waals surface area contributed by atoms with Crippen LogP contribution in [0.25, 0.3) is 0 Å². The lowest BCUT2D eigenvalue weighted by molar-refractivity contribution is -0.119. The molecule has 1 heterocycles. The predicted molar refractivity (Wildman–Crippen MR) is 102 cm³/mol. The molecule has 1 aromatic heterocycles. The number of primary amides is 1. The standard InChI is InChI=1S/C17H20BrN3O3.ClH/c1-2-23-15-7-13(6-14(18)17(15)24-11-16(19)22)10-21-9-12-4-3-5-20-8-12;/h3-8,21H,2,9-11H2,1H3,(H2,19,22);1H. The average Bonchev–Trinajstić information content (AvgIpc) is 2.55. The van der Waals surface area contributed by atoms with E-state index in [9.17, 15) is 4.79 Å². The Hall–Kier alpha value is -1.83. The molecular weight excluding hydrogens is 410 g/mol. The number of amides is 1. The zero-order chi connectivity index (χ0) is 17.4. The highest BCUT2D eigenvalue weighted by Crippen LogP contribution is 2.37. The second-order valence-electron chi connectivity index (χ2n) is 5.06. The molecule has 1 aromatic carbocycles. The second-order valence-corrected chi connectivity index (χ2v) is 5.91. The first-order valence-electron chi connectivity index (χ1n) is 7.56. The number of aromatic nitrogens is 1. The van der Waals surface area contributed by atoms with Crippen molar-refractivity contribution < 1.29 is 14.3 Å². The Bertz CT molecular complexity index is 686. The first-order chi connectivity index (χ1) is 11.6. The van der Waals surface area contributed by atoms with Gasteiger partial charge in [-0.05, 0) is 52.2 Å². The minimum Gasteiger partial charge on any atom is -0.490 e. The quantitative estimate of drug-likeness (QED) is 0.639. The van der Waals surface area contributed by atoms with Crippen LogP contribution in [0.2, 0.25) is 0 Å². The van der Waals surface area contributed by atoms with Crippen LogP contribution in [0.3, 0.4) is 0 Å². The molecule has 6 nitrogen and oxygen atoms in total. The van der Waals surface area contributed by atoms with Crippen LogP contribution >= 0.6 is 28.3 Å². The first kappa shape index (κ1) is 21.2. The lowest BCUT2D eigenvalue weighted by Crippen LogP contribution is -2.20. The molecule has 3 N–H and O–H groups in total. The molecule has 0 saturated carbocycles. The van der Waals surface area contributed by atoms with Crippen LogP contribution in [0.1, 0.15) is 18.1 Å². The molecule has 0 aliphatic rings. The van der Waals surface area contributed by atoms with Gasteiger partial charge in [0.25, 0.3) is 5.91 Å². The summed E-state index contributed by atoms with van der Waals surface area (Å²) in [6.07, 6.45) is 3.58. The molecule has 0 fully saturated rings. The van der Waals surface area contributed by atoms with Crippen molar-refractivity contribution >= 4 is 34.2 Å². The molecule has 2 rings (SSSR count). The van der Waals surface area contributed by atoms with Gasteiger partial charge in [0.1, 0.15) is 0 Å². The van der Waals surface area contributed by atoms with Gasteiger partial charge in [-0.25, -0.2) is 0 Å². The number of ether oxygens (including phenoxy) is 2.